The van der Waals surface area contributed by atoms with E-state index in [9.17, 15) is 9.59 Å². The molecule has 0 bridgehead atoms. The fourth-order valence-corrected chi connectivity index (χ4v) is 4.70. The molecule has 0 aliphatic carbocycles. The standard InChI is InChI=1S/C10H5I3O4/c11-5-3-6(12)10(7(13)4-5)17-9(16)2-1-8(14)15/h1-4H,(H,14,15)/b2-1-. The first kappa shape index (κ1) is 15.1. The van der Waals surface area contributed by atoms with E-state index < -0.39 is 11.9 Å². The molecule has 0 aliphatic rings. The molecule has 0 aromatic heterocycles. The van der Waals surface area contributed by atoms with Crippen LogP contribution in [-0.2, 0) is 9.59 Å². The Kier molecular flexibility index (Phi) is 6.12. The normalized spacial score (nSPS) is 10.5. The third kappa shape index (κ3) is 5.07. The Morgan fingerprint density at radius 3 is 2.12 bits per heavy atom. The van der Waals surface area contributed by atoms with E-state index in [2.05, 4.69) is 67.8 Å². The van der Waals surface area contributed by atoms with Crippen molar-refractivity contribution in [2.45, 2.75) is 0 Å². The molecule has 0 radical (unpaired) electrons. The van der Waals surface area contributed by atoms with Crippen LogP contribution >= 0.6 is 67.8 Å². The van der Waals surface area contributed by atoms with Crippen LogP contribution in [0.15, 0.2) is 24.3 Å². The topological polar surface area (TPSA) is 63.6 Å². The third-order valence-corrected chi connectivity index (χ3v) is 3.75. The van der Waals surface area contributed by atoms with Crippen molar-refractivity contribution in [3.8, 4) is 5.75 Å². The van der Waals surface area contributed by atoms with Gasteiger partial charge in [0, 0.05) is 15.7 Å². The largest absolute Gasteiger partial charge is 0.478 e. The first-order valence-corrected chi connectivity index (χ1v) is 7.41. The Hall–Kier alpha value is 0.0900. The summed E-state index contributed by atoms with van der Waals surface area (Å²) in [5, 5.41) is 8.38. The Bertz CT molecular complexity index is 473. The zero-order valence-corrected chi connectivity index (χ0v) is 14.6. The van der Waals surface area contributed by atoms with Crippen molar-refractivity contribution >= 4 is 79.7 Å². The number of benzene rings is 1. The minimum atomic E-state index is -1.19. The summed E-state index contributed by atoms with van der Waals surface area (Å²) in [6.45, 7) is 0. The van der Waals surface area contributed by atoms with Crippen LogP contribution in [-0.4, -0.2) is 17.0 Å². The number of ether oxygens (including phenoxy) is 1. The van der Waals surface area contributed by atoms with Crippen LogP contribution in [0.3, 0.4) is 0 Å². The molecule has 0 heterocycles. The average molecular weight is 570 g/mol. The van der Waals surface area contributed by atoms with Gasteiger partial charge in [0.25, 0.3) is 0 Å². The monoisotopic (exact) mass is 570 g/mol. The Labute approximate surface area is 138 Å². The lowest BCUT2D eigenvalue weighted by atomic mass is 10.3. The predicted octanol–water partition coefficient (Wildman–Crippen LogP) is 3.05. The number of carboxylic acids is 1. The maximum atomic E-state index is 11.3. The van der Waals surface area contributed by atoms with Crippen LogP contribution in [0.4, 0.5) is 0 Å². The van der Waals surface area contributed by atoms with Gasteiger partial charge in [0.05, 0.1) is 7.14 Å². The Morgan fingerprint density at radius 1 is 1.12 bits per heavy atom. The van der Waals surface area contributed by atoms with Gasteiger partial charge in [0.1, 0.15) is 0 Å². The number of halogens is 3. The molecular formula is C10H5I3O4. The molecule has 1 aromatic carbocycles. The second-order valence-corrected chi connectivity index (χ2v) is 6.36. The molecule has 1 rings (SSSR count). The van der Waals surface area contributed by atoms with Gasteiger partial charge in [-0.05, 0) is 79.9 Å². The zero-order chi connectivity index (χ0) is 13.0. The summed E-state index contributed by atoms with van der Waals surface area (Å²) in [5.41, 5.74) is 0. The van der Waals surface area contributed by atoms with E-state index in [0.717, 1.165) is 22.9 Å². The maximum Gasteiger partial charge on any atom is 0.336 e. The molecule has 0 saturated carbocycles. The highest BCUT2D eigenvalue weighted by Gasteiger charge is 2.11. The molecule has 0 amide bonds. The Balaban J connectivity index is 2.89. The molecular weight excluding hydrogens is 565 g/mol. The van der Waals surface area contributed by atoms with Crippen LogP contribution in [0.2, 0.25) is 0 Å². The van der Waals surface area contributed by atoms with Crippen LogP contribution in [0.1, 0.15) is 0 Å². The first-order chi connectivity index (χ1) is 7.90. The SMILES string of the molecule is O=C(O)/C=C\C(=O)Oc1c(I)cc(I)cc1I. The zero-order valence-electron chi connectivity index (χ0n) is 8.12. The third-order valence-electron chi connectivity index (χ3n) is 1.53. The van der Waals surface area contributed by atoms with Gasteiger partial charge >= 0.3 is 11.9 Å². The van der Waals surface area contributed by atoms with Crippen LogP contribution < -0.4 is 4.74 Å². The average Bonchev–Trinajstić information content (AvgIpc) is 2.20. The van der Waals surface area contributed by atoms with Crippen molar-refractivity contribution in [1.29, 1.82) is 0 Å². The van der Waals surface area contributed by atoms with E-state index in [1.807, 2.05) is 12.1 Å². The van der Waals surface area contributed by atoms with E-state index in [4.69, 9.17) is 9.84 Å². The molecule has 17 heavy (non-hydrogen) atoms. The highest BCUT2D eigenvalue weighted by Crippen LogP contribution is 2.29. The van der Waals surface area contributed by atoms with E-state index in [1.54, 1.807) is 0 Å². The van der Waals surface area contributed by atoms with Crippen molar-refractivity contribution in [3.05, 3.63) is 35.0 Å². The molecule has 4 nitrogen and oxygen atoms in total. The van der Waals surface area contributed by atoms with E-state index >= 15 is 0 Å². The van der Waals surface area contributed by atoms with Crippen molar-refractivity contribution in [1.82, 2.24) is 0 Å². The molecule has 90 valence electrons. The summed E-state index contributed by atoms with van der Waals surface area (Å²) in [4.78, 5) is 21.6. The highest BCUT2D eigenvalue weighted by atomic mass is 127. The van der Waals surface area contributed by atoms with Crippen molar-refractivity contribution in [3.63, 3.8) is 0 Å². The number of carbonyl (C=O) groups is 2. The fourth-order valence-electron chi connectivity index (χ4n) is 0.900. The van der Waals surface area contributed by atoms with E-state index in [0.29, 0.717) is 5.75 Å². The smallest absolute Gasteiger partial charge is 0.336 e. The lowest BCUT2D eigenvalue weighted by Gasteiger charge is -2.07. The van der Waals surface area contributed by atoms with Crippen molar-refractivity contribution in [2.24, 2.45) is 0 Å². The van der Waals surface area contributed by atoms with Crippen LogP contribution in [0, 0.1) is 10.7 Å². The first-order valence-electron chi connectivity index (χ1n) is 4.17. The fraction of sp³-hybridized carbons (Fsp3) is 0. The highest BCUT2D eigenvalue weighted by molar-refractivity contribution is 14.1. The molecule has 7 heteroatoms. The molecule has 0 atom stereocenters. The summed E-state index contributed by atoms with van der Waals surface area (Å²) in [5.74, 6) is -1.44. The number of hydrogen-bond donors (Lipinski definition) is 1. The second kappa shape index (κ2) is 6.87. The molecule has 1 aromatic rings. The minimum Gasteiger partial charge on any atom is -0.478 e. The van der Waals surface area contributed by atoms with Gasteiger partial charge in [0.15, 0.2) is 5.75 Å². The summed E-state index contributed by atoms with van der Waals surface area (Å²) in [6.07, 6.45) is 1.63. The summed E-state index contributed by atoms with van der Waals surface area (Å²) < 4.78 is 7.72. The van der Waals surface area contributed by atoms with Gasteiger partial charge in [-0.15, -0.1) is 0 Å². The number of carbonyl (C=O) groups excluding carboxylic acids is 1. The number of carboxylic acid groups (broad SMARTS) is 1. The number of hydrogen-bond acceptors (Lipinski definition) is 3. The minimum absolute atomic E-state index is 0.451. The predicted molar refractivity (Wildman–Crippen MR) is 87.0 cm³/mol. The molecule has 0 aliphatic heterocycles. The summed E-state index contributed by atoms with van der Waals surface area (Å²) >= 11 is 6.28. The Morgan fingerprint density at radius 2 is 1.65 bits per heavy atom. The lowest BCUT2D eigenvalue weighted by Crippen LogP contribution is -2.07. The van der Waals surface area contributed by atoms with E-state index in [-0.39, 0.29) is 0 Å². The number of aliphatic carboxylic acids is 1. The van der Waals surface area contributed by atoms with Crippen molar-refractivity contribution < 1.29 is 19.4 Å². The van der Waals surface area contributed by atoms with Gasteiger partial charge in [-0.25, -0.2) is 9.59 Å². The van der Waals surface area contributed by atoms with Gasteiger partial charge < -0.3 is 9.84 Å². The van der Waals surface area contributed by atoms with Crippen LogP contribution in [0.25, 0.3) is 0 Å². The molecule has 0 fully saturated rings. The summed E-state index contributed by atoms with van der Waals surface area (Å²) in [7, 11) is 0. The quantitative estimate of drug-likeness (QED) is 0.263. The second-order valence-electron chi connectivity index (χ2n) is 2.79. The summed E-state index contributed by atoms with van der Waals surface area (Å²) in [6, 6.07) is 3.74. The van der Waals surface area contributed by atoms with Gasteiger partial charge in [0.2, 0.25) is 0 Å². The van der Waals surface area contributed by atoms with Gasteiger partial charge in [-0.1, -0.05) is 0 Å². The lowest BCUT2D eigenvalue weighted by molar-refractivity contribution is -0.133. The van der Waals surface area contributed by atoms with Crippen LogP contribution in [0.5, 0.6) is 5.75 Å². The molecule has 1 N–H and O–H groups in total. The maximum absolute atomic E-state index is 11.3. The van der Waals surface area contributed by atoms with Crippen molar-refractivity contribution in [2.75, 3.05) is 0 Å². The van der Waals surface area contributed by atoms with E-state index in [1.165, 1.54) is 0 Å². The van der Waals surface area contributed by atoms with Gasteiger partial charge in [-0.3, -0.25) is 0 Å². The van der Waals surface area contributed by atoms with Gasteiger partial charge in [-0.2, -0.15) is 0 Å². The number of esters is 1. The molecule has 0 saturated heterocycles. The molecule has 0 spiro atoms. The molecule has 0 unspecified atom stereocenters. The number of rotatable bonds is 3.